The van der Waals surface area contributed by atoms with Gasteiger partial charge in [0.15, 0.2) is 11.6 Å². The summed E-state index contributed by atoms with van der Waals surface area (Å²) in [6.45, 7) is 2.71. The van der Waals surface area contributed by atoms with Gasteiger partial charge in [0, 0.05) is 19.6 Å². The number of halogens is 1. The molecule has 3 heterocycles. The highest BCUT2D eigenvalue weighted by molar-refractivity contribution is 7.88. The van der Waals surface area contributed by atoms with Crippen LogP contribution in [0.3, 0.4) is 0 Å². The van der Waals surface area contributed by atoms with E-state index in [0.29, 0.717) is 23.6 Å². The van der Waals surface area contributed by atoms with E-state index in [1.54, 1.807) is 13.0 Å². The highest BCUT2D eigenvalue weighted by Crippen LogP contribution is 2.18. The number of carbonyl (C=O) groups is 1. The number of carbonyl (C=O) groups excluding carboxylic acids is 1. The van der Waals surface area contributed by atoms with Crippen molar-refractivity contribution in [3.8, 4) is 17.3 Å². The van der Waals surface area contributed by atoms with Crippen molar-refractivity contribution >= 4 is 15.9 Å². The molecule has 1 saturated heterocycles. The molecule has 0 aliphatic carbocycles. The van der Waals surface area contributed by atoms with Gasteiger partial charge in [0.1, 0.15) is 17.2 Å². The molecule has 3 aromatic rings. The number of benzene rings is 1. The lowest BCUT2D eigenvalue weighted by Gasteiger charge is -2.30. The van der Waals surface area contributed by atoms with Crippen molar-refractivity contribution in [1.82, 2.24) is 39.8 Å². The highest BCUT2D eigenvalue weighted by Gasteiger charge is 2.27. The van der Waals surface area contributed by atoms with Crippen LogP contribution >= 0.6 is 0 Å². The number of amides is 1. The Morgan fingerprint density at radius 3 is 2.86 bits per heavy atom. The van der Waals surface area contributed by atoms with Crippen LogP contribution in [0.2, 0.25) is 0 Å². The fourth-order valence-corrected chi connectivity index (χ4v) is 4.44. The third-order valence-electron chi connectivity index (χ3n) is 5.36. The Labute approximate surface area is 206 Å². The Kier molecular flexibility index (Phi) is 7.51. The number of sulfonamides is 1. The number of hydrogen-bond donors (Lipinski definition) is 1. The number of morpholine rings is 1. The summed E-state index contributed by atoms with van der Waals surface area (Å²) in [6, 6.07) is 5.75. The van der Waals surface area contributed by atoms with Gasteiger partial charge in [-0.15, -0.1) is 10.2 Å². The largest absolute Gasteiger partial charge is 0.494 e. The van der Waals surface area contributed by atoms with Gasteiger partial charge in [0.05, 0.1) is 32.6 Å². The van der Waals surface area contributed by atoms with E-state index in [4.69, 9.17) is 9.47 Å². The first kappa shape index (κ1) is 25.5. The van der Waals surface area contributed by atoms with E-state index in [-0.39, 0.29) is 43.5 Å². The summed E-state index contributed by atoms with van der Waals surface area (Å²) in [5.41, 5.74) is 1.04. The maximum Gasteiger partial charge on any atom is 0.270 e. The van der Waals surface area contributed by atoms with E-state index in [1.165, 1.54) is 34.4 Å². The second-order valence-corrected chi connectivity index (χ2v) is 10.1. The topological polar surface area (TPSA) is 154 Å². The van der Waals surface area contributed by atoms with Crippen molar-refractivity contribution in [2.45, 2.75) is 26.1 Å². The molecule has 1 aromatic carbocycles. The Morgan fingerprint density at radius 1 is 1.31 bits per heavy atom. The van der Waals surface area contributed by atoms with E-state index in [9.17, 15) is 17.6 Å². The molecular weight excluding hydrogens is 495 g/mol. The lowest BCUT2D eigenvalue weighted by Crippen LogP contribution is -2.46. The lowest BCUT2D eigenvalue weighted by atomic mass is 10.2. The zero-order chi connectivity index (χ0) is 25.9. The number of nitrogens with one attached hydrogen (secondary N) is 1. The molecule has 1 atom stereocenters. The van der Waals surface area contributed by atoms with Crippen LogP contribution in [0.4, 0.5) is 4.39 Å². The van der Waals surface area contributed by atoms with Gasteiger partial charge in [-0.2, -0.15) is 9.10 Å². The van der Waals surface area contributed by atoms with Gasteiger partial charge < -0.3 is 14.8 Å². The molecule has 13 nitrogen and oxygen atoms in total. The van der Waals surface area contributed by atoms with Crippen molar-refractivity contribution in [2.75, 3.05) is 33.1 Å². The number of hydrogen-bond acceptors (Lipinski definition) is 10. The first-order chi connectivity index (χ1) is 17.1. The number of aryl methyl sites for hydroxylation is 1. The average Bonchev–Trinajstić information content (AvgIpc) is 3.31. The number of nitrogens with zero attached hydrogens (tertiary/aromatic N) is 7. The fraction of sp³-hybridized carbons (Fsp3) is 0.429. The van der Waals surface area contributed by atoms with Crippen molar-refractivity contribution in [1.29, 1.82) is 0 Å². The number of ether oxygens (including phenoxy) is 2. The average molecular weight is 521 g/mol. The van der Waals surface area contributed by atoms with E-state index < -0.39 is 27.9 Å². The predicted octanol–water partition coefficient (Wildman–Crippen LogP) is 0.177. The number of methoxy groups -OCH3 is 1. The zero-order valence-corrected chi connectivity index (χ0v) is 20.7. The molecule has 1 aliphatic heterocycles. The summed E-state index contributed by atoms with van der Waals surface area (Å²) in [4.78, 5) is 22.5. The van der Waals surface area contributed by atoms with Gasteiger partial charge in [0.2, 0.25) is 15.8 Å². The summed E-state index contributed by atoms with van der Waals surface area (Å²) in [5.74, 6) is -0.370. The molecular formula is C21H25FN8O5S. The van der Waals surface area contributed by atoms with Gasteiger partial charge in [-0.1, -0.05) is 6.07 Å². The molecule has 0 spiro atoms. The Bertz CT molecular complexity index is 1370. The van der Waals surface area contributed by atoms with Crippen LogP contribution < -0.4 is 10.1 Å². The smallest absolute Gasteiger partial charge is 0.270 e. The summed E-state index contributed by atoms with van der Waals surface area (Å²) < 4.78 is 49.2. The Balaban J connectivity index is 1.44. The SMILES string of the molecule is COc1cc(CNC(=O)c2cc(-c3nnn(C[C@@H]4CN(S(C)(=O)=O)CCO4)n3)nc(C)n2)ccc1F. The van der Waals surface area contributed by atoms with Gasteiger partial charge >= 0.3 is 0 Å². The molecule has 0 saturated carbocycles. The van der Waals surface area contributed by atoms with Gasteiger partial charge in [-0.3, -0.25) is 4.79 Å². The molecule has 4 rings (SSSR count). The van der Waals surface area contributed by atoms with Crippen LogP contribution in [-0.4, -0.2) is 88.0 Å². The van der Waals surface area contributed by atoms with Crippen molar-refractivity contribution in [2.24, 2.45) is 0 Å². The maximum absolute atomic E-state index is 13.6. The van der Waals surface area contributed by atoms with Crippen molar-refractivity contribution in [3.05, 3.63) is 47.2 Å². The second kappa shape index (κ2) is 10.6. The third-order valence-corrected chi connectivity index (χ3v) is 6.63. The Morgan fingerprint density at radius 2 is 2.11 bits per heavy atom. The van der Waals surface area contributed by atoms with Crippen LogP contribution in [0.25, 0.3) is 11.5 Å². The standard InChI is InChI=1S/C21H25FN8O5S/c1-13-24-17(9-18(25-13)21(31)23-10-14-4-5-16(22)19(8-14)34-2)20-26-28-30(27-20)12-15-11-29(6-7-35-15)36(3,32)33/h4-5,8-9,15H,6-7,10-12H2,1-3H3,(H,23,31)/t15-/m0/s1. The molecule has 1 fully saturated rings. The minimum atomic E-state index is -3.32. The first-order valence-electron chi connectivity index (χ1n) is 10.9. The van der Waals surface area contributed by atoms with Crippen LogP contribution in [0.1, 0.15) is 21.9 Å². The van der Waals surface area contributed by atoms with E-state index in [2.05, 4.69) is 30.7 Å². The highest BCUT2D eigenvalue weighted by atomic mass is 32.2. The summed E-state index contributed by atoms with van der Waals surface area (Å²) in [6.07, 6.45) is 0.720. The molecule has 15 heteroatoms. The molecule has 1 aliphatic rings. The zero-order valence-electron chi connectivity index (χ0n) is 19.9. The van der Waals surface area contributed by atoms with Crippen LogP contribution in [-0.2, 0) is 27.8 Å². The number of tetrazole rings is 1. The van der Waals surface area contributed by atoms with Crippen molar-refractivity contribution < 1.29 is 27.1 Å². The fourth-order valence-electron chi connectivity index (χ4n) is 3.59. The minimum Gasteiger partial charge on any atom is -0.494 e. The van der Waals surface area contributed by atoms with Crippen molar-refractivity contribution in [3.63, 3.8) is 0 Å². The van der Waals surface area contributed by atoms with E-state index in [1.807, 2.05) is 0 Å². The summed E-state index contributed by atoms with van der Waals surface area (Å²) >= 11 is 0. The summed E-state index contributed by atoms with van der Waals surface area (Å²) in [5, 5.41) is 15.0. The van der Waals surface area contributed by atoms with Crippen LogP contribution in [0, 0.1) is 12.7 Å². The predicted molar refractivity (Wildman–Crippen MR) is 124 cm³/mol. The quantitative estimate of drug-likeness (QED) is 0.435. The van der Waals surface area contributed by atoms with Gasteiger partial charge in [-0.25, -0.2) is 22.8 Å². The normalized spacial score (nSPS) is 16.6. The minimum absolute atomic E-state index is 0.0822. The number of rotatable bonds is 8. The molecule has 0 bridgehead atoms. The molecule has 2 aromatic heterocycles. The molecule has 192 valence electrons. The molecule has 1 N–H and O–H groups in total. The second-order valence-electron chi connectivity index (χ2n) is 8.12. The van der Waals surface area contributed by atoms with E-state index >= 15 is 0 Å². The third kappa shape index (κ3) is 6.16. The van der Waals surface area contributed by atoms with Crippen LogP contribution in [0.5, 0.6) is 5.75 Å². The monoisotopic (exact) mass is 520 g/mol. The van der Waals surface area contributed by atoms with E-state index in [0.717, 1.165) is 6.26 Å². The molecule has 1 amide bonds. The van der Waals surface area contributed by atoms with Gasteiger partial charge in [-0.05, 0) is 35.9 Å². The first-order valence-corrected chi connectivity index (χ1v) is 12.8. The molecule has 0 radical (unpaired) electrons. The lowest BCUT2D eigenvalue weighted by molar-refractivity contribution is -0.0141. The number of aromatic nitrogens is 6. The maximum atomic E-state index is 13.6. The summed E-state index contributed by atoms with van der Waals surface area (Å²) in [7, 11) is -1.96. The van der Waals surface area contributed by atoms with Crippen LogP contribution in [0.15, 0.2) is 24.3 Å². The molecule has 36 heavy (non-hydrogen) atoms. The molecule has 0 unspecified atom stereocenters. The van der Waals surface area contributed by atoms with Gasteiger partial charge in [0.25, 0.3) is 5.91 Å². The Hall–Kier alpha value is -3.56.